The van der Waals surface area contributed by atoms with Crippen LogP contribution >= 0.6 is 0 Å². The van der Waals surface area contributed by atoms with E-state index in [-0.39, 0.29) is 12.3 Å². The van der Waals surface area contributed by atoms with Gasteiger partial charge >= 0.3 is 5.97 Å². The van der Waals surface area contributed by atoms with Crippen LogP contribution in [-0.4, -0.2) is 23.5 Å². The zero-order valence-corrected chi connectivity index (χ0v) is 7.69. The van der Waals surface area contributed by atoms with E-state index in [9.17, 15) is 9.59 Å². The van der Waals surface area contributed by atoms with Gasteiger partial charge in [0.05, 0.1) is 12.2 Å². The number of amides is 1. The number of nitrogens with one attached hydrogen (secondary N) is 1. The lowest BCUT2D eigenvalue weighted by Gasteiger charge is -2.06. The van der Waals surface area contributed by atoms with Crippen molar-refractivity contribution in [2.45, 2.75) is 6.92 Å². The highest BCUT2D eigenvalue weighted by molar-refractivity contribution is 5.91. The average Bonchev–Trinajstić information content (AvgIpc) is 2.66. The summed E-state index contributed by atoms with van der Waals surface area (Å²) >= 11 is 0. The van der Waals surface area contributed by atoms with Crippen LogP contribution in [0.4, 0.5) is 0 Å². The summed E-state index contributed by atoms with van der Waals surface area (Å²) in [6.45, 7) is 1.61. The number of hydrogen-bond acceptors (Lipinski definition) is 3. The van der Waals surface area contributed by atoms with Crippen molar-refractivity contribution in [2.24, 2.45) is 5.92 Å². The molecule has 0 saturated carbocycles. The number of carboxylic acid groups (broad SMARTS) is 1. The van der Waals surface area contributed by atoms with Gasteiger partial charge in [0.2, 0.25) is 0 Å². The molecule has 5 heteroatoms. The van der Waals surface area contributed by atoms with Gasteiger partial charge in [-0.25, -0.2) is 0 Å². The maximum Gasteiger partial charge on any atom is 0.308 e. The summed E-state index contributed by atoms with van der Waals surface area (Å²) in [5, 5.41) is 11.0. The van der Waals surface area contributed by atoms with Crippen LogP contribution in [0.3, 0.4) is 0 Å². The van der Waals surface area contributed by atoms with Crippen molar-refractivity contribution >= 4 is 11.9 Å². The van der Waals surface area contributed by atoms with Crippen molar-refractivity contribution in [2.75, 3.05) is 6.54 Å². The van der Waals surface area contributed by atoms with Gasteiger partial charge in [-0.3, -0.25) is 9.59 Å². The topological polar surface area (TPSA) is 79.5 Å². The zero-order chi connectivity index (χ0) is 10.6. The average molecular weight is 197 g/mol. The number of furan rings is 1. The Morgan fingerprint density at radius 2 is 2.36 bits per heavy atom. The molecule has 76 valence electrons. The van der Waals surface area contributed by atoms with Crippen LogP contribution in [0.1, 0.15) is 17.5 Å². The molecule has 0 aromatic carbocycles. The molecule has 0 aliphatic rings. The summed E-state index contributed by atoms with van der Waals surface area (Å²) in [5.74, 6) is -1.76. The number of hydrogen-bond donors (Lipinski definition) is 2. The molecule has 2 N–H and O–H groups in total. The first-order chi connectivity index (χ1) is 6.61. The van der Waals surface area contributed by atoms with Crippen LogP contribution in [0.25, 0.3) is 0 Å². The Morgan fingerprint density at radius 1 is 1.64 bits per heavy atom. The Bertz CT molecular complexity index is 318. The quantitative estimate of drug-likeness (QED) is 0.745. The summed E-state index contributed by atoms with van der Waals surface area (Å²) < 4.78 is 4.83. The van der Waals surface area contributed by atoms with E-state index in [2.05, 4.69) is 5.32 Å². The number of carboxylic acids is 1. The molecule has 1 heterocycles. The van der Waals surface area contributed by atoms with Crippen LogP contribution in [0.15, 0.2) is 22.8 Å². The lowest BCUT2D eigenvalue weighted by atomic mass is 10.2. The SMILES string of the molecule is CC(CNC(=O)c1ccco1)C(=O)O. The summed E-state index contributed by atoms with van der Waals surface area (Å²) in [6.07, 6.45) is 1.38. The van der Waals surface area contributed by atoms with E-state index in [1.807, 2.05) is 0 Å². The predicted molar refractivity (Wildman–Crippen MR) is 47.8 cm³/mol. The number of aliphatic carboxylic acids is 1. The van der Waals surface area contributed by atoms with Crippen molar-refractivity contribution in [3.63, 3.8) is 0 Å². The fourth-order valence-electron chi connectivity index (χ4n) is 0.828. The van der Waals surface area contributed by atoms with E-state index in [1.165, 1.54) is 19.3 Å². The van der Waals surface area contributed by atoms with Gasteiger partial charge in [0.1, 0.15) is 0 Å². The third-order valence-electron chi connectivity index (χ3n) is 1.74. The molecular weight excluding hydrogens is 186 g/mol. The lowest BCUT2D eigenvalue weighted by molar-refractivity contribution is -0.140. The number of carbonyl (C=O) groups is 2. The highest BCUT2D eigenvalue weighted by Gasteiger charge is 2.13. The number of rotatable bonds is 4. The predicted octanol–water partition coefficient (Wildman–Crippen LogP) is 0.730. The van der Waals surface area contributed by atoms with Gasteiger partial charge in [-0.05, 0) is 12.1 Å². The van der Waals surface area contributed by atoms with Crippen molar-refractivity contribution < 1.29 is 19.1 Å². The third kappa shape index (κ3) is 2.62. The number of carbonyl (C=O) groups excluding carboxylic acids is 1. The highest BCUT2D eigenvalue weighted by Crippen LogP contribution is 2.00. The van der Waals surface area contributed by atoms with E-state index in [4.69, 9.17) is 9.52 Å². The standard InChI is InChI=1S/C9H11NO4/c1-6(9(12)13)5-10-8(11)7-3-2-4-14-7/h2-4,6H,5H2,1H3,(H,10,11)(H,12,13). The Kier molecular flexibility index (Phi) is 3.28. The largest absolute Gasteiger partial charge is 0.481 e. The van der Waals surface area contributed by atoms with E-state index in [1.54, 1.807) is 6.07 Å². The fraction of sp³-hybridized carbons (Fsp3) is 0.333. The van der Waals surface area contributed by atoms with Crippen LogP contribution in [0.2, 0.25) is 0 Å². The minimum absolute atomic E-state index is 0.0921. The third-order valence-corrected chi connectivity index (χ3v) is 1.74. The molecule has 1 unspecified atom stereocenters. The monoisotopic (exact) mass is 197 g/mol. The summed E-state index contributed by atoms with van der Waals surface area (Å²) in [6, 6.07) is 3.11. The zero-order valence-electron chi connectivity index (χ0n) is 7.69. The molecule has 1 aromatic rings. The molecule has 0 radical (unpaired) electrons. The first-order valence-corrected chi connectivity index (χ1v) is 4.15. The van der Waals surface area contributed by atoms with E-state index >= 15 is 0 Å². The summed E-state index contributed by atoms with van der Waals surface area (Å²) in [7, 11) is 0. The molecule has 0 aliphatic carbocycles. The molecule has 0 fully saturated rings. The van der Waals surface area contributed by atoms with Gasteiger partial charge < -0.3 is 14.8 Å². The fourth-order valence-corrected chi connectivity index (χ4v) is 0.828. The molecule has 1 atom stereocenters. The van der Waals surface area contributed by atoms with Gasteiger partial charge in [-0.2, -0.15) is 0 Å². The Labute approximate surface area is 80.7 Å². The maximum atomic E-state index is 11.2. The van der Waals surface area contributed by atoms with E-state index < -0.39 is 17.8 Å². The molecule has 0 aliphatic heterocycles. The smallest absolute Gasteiger partial charge is 0.308 e. The molecule has 5 nitrogen and oxygen atoms in total. The Hall–Kier alpha value is -1.78. The molecular formula is C9H11NO4. The summed E-state index contributed by atoms with van der Waals surface area (Å²) in [4.78, 5) is 21.7. The van der Waals surface area contributed by atoms with Gasteiger partial charge in [-0.15, -0.1) is 0 Å². The van der Waals surface area contributed by atoms with Crippen molar-refractivity contribution in [3.05, 3.63) is 24.2 Å². The highest BCUT2D eigenvalue weighted by atomic mass is 16.4. The molecule has 1 amide bonds. The van der Waals surface area contributed by atoms with Gasteiger partial charge in [0, 0.05) is 6.54 Å². The first-order valence-electron chi connectivity index (χ1n) is 4.15. The molecule has 0 bridgehead atoms. The van der Waals surface area contributed by atoms with E-state index in [0.717, 1.165) is 0 Å². The molecule has 14 heavy (non-hydrogen) atoms. The minimum Gasteiger partial charge on any atom is -0.481 e. The van der Waals surface area contributed by atoms with E-state index in [0.29, 0.717) is 0 Å². The van der Waals surface area contributed by atoms with Crippen LogP contribution in [-0.2, 0) is 4.79 Å². The second-order valence-corrected chi connectivity index (χ2v) is 2.93. The van der Waals surface area contributed by atoms with Crippen molar-refractivity contribution in [1.29, 1.82) is 0 Å². The Balaban J connectivity index is 2.40. The lowest BCUT2D eigenvalue weighted by Crippen LogP contribution is -2.31. The van der Waals surface area contributed by atoms with Crippen molar-refractivity contribution in [3.8, 4) is 0 Å². The minimum atomic E-state index is -0.940. The van der Waals surface area contributed by atoms with Crippen LogP contribution < -0.4 is 5.32 Å². The Morgan fingerprint density at radius 3 is 2.86 bits per heavy atom. The van der Waals surface area contributed by atoms with Crippen molar-refractivity contribution in [1.82, 2.24) is 5.32 Å². The van der Waals surface area contributed by atoms with Gasteiger partial charge in [0.25, 0.3) is 5.91 Å². The van der Waals surface area contributed by atoms with Crippen LogP contribution in [0.5, 0.6) is 0 Å². The van der Waals surface area contributed by atoms with Gasteiger partial charge in [-0.1, -0.05) is 6.92 Å². The maximum absolute atomic E-state index is 11.2. The first kappa shape index (κ1) is 10.3. The molecule has 0 saturated heterocycles. The normalized spacial score (nSPS) is 12.1. The van der Waals surface area contributed by atoms with Gasteiger partial charge in [0.15, 0.2) is 5.76 Å². The molecule has 1 rings (SSSR count). The molecule has 0 spiro atoms. The molecule has 1 aromatic heterocycles. The second-order valence-electron chi connectivity index (χ2n) is 2.93. The second kappa shape index (κ2) is 4.45. The summed E-state index contributed by atoms with van der Waals surface area (Å²) in [5.41, 5.74) is 0. The van der Waals surface area contributed by atoms with Crippen LogP contribution in [0, 0.1) is 5.92 Å².